The lowest BCUT2D eigenvalue weighted by Crippen LogP contribution is -2.36. The summed E-state index contributed by atoms with van der Waals surface area (Å²) in [6.45, 7) is -0.0763. The van der Waals surface area contributed by atoms with E-state index in [1.54, 1.807) is 24.3 Å². The molecule has 5 heteroatoms. The standard InChI is InChI=1S/C15H19NO4/c17-14(16-12-6-2-3-7-12)10-20-13-8-4-1-5-11(13)9-15(18)19/h1,4-5,8,12H,2-3,6-7,9-10H2,(H,16,17)(H,18,19). The lowest BCUT2D eigenvalue weighted by molar-refractivity contribution is -0.136. The zero-order valence-corrected chi connectivity index (χ0v) is 11.3. The van der Waals surface area contributed by atoms with Gasteiger partial charge >= 0.3 is 5.97 Å². The Morgan fingerprint density at radius 2 is 1.95 bits per heavy atom. The predicted molar refractivity (Wildman–Crippen MR) is 73.7 cm³/mol. The molecule has 0 bridgehead atoms. The third kappa shape index (κ3) is 4.26. The zero-order chi connectivity index (χ0) is 14.4. The number of hydrogen-bond acceptors (Lipinski definition) is 3. The third-order valence-corrected chi connectivity index (χ3v) is 3.39. The van der Waals surface area contributed by atoms with E-state index in [1.807, 2.05) is 0 Å². The van der Waals surface area contributed by atoms with Gasteiger partial charge in [0.25, 0.3) is 5.91 Å². The molecule has 1 aromatic carbocycles. The van der Waals surface area contributed by atoms with Gasteiger partial charge in [-0.15, -0.1) is 0 Å². The quantitative estimate of drug-likeness (QED) is 0.830. The number of hydrogen-bond donors (Lipinski definition) is 2. The summed E-state index contributed by atoms with van der Waals surface area (Å²) < 4.78 is 5.43. The van der Waals surface area contributed by atoms with Crippen molar-refractivity contribution in [2.75, 3.05) is 6.61 Å². The molecular weight excluding hydrogens is 258 g/mol. The molecule has 108 valence electrons. The molecule has 0 saturated heterocycles. The third-order valence-electron chi connectivity index (χ3n) is 3.39. The number of carbonyl (C=O) groups is 2. The summed E-state index contributed by atoms with van der Waals surface area (Å²) in [4.78, 5) is 22.5. The van der Waals surface area contributed by atoms with Gasteiger partial charge in [0, 0.05) is 11.6 Å². The molecular formula is C15H19NO4. The first-order valence-corrected chi connectivity index (χ1v) is 6.87. The maximum Gasteiger partial charge on any atom is 0.307 e. The van der Waals surface area contributed by atoms with Gasteiger partial charge in [-0.05, 0) is 18.9 Å². The van der Waals surface area contributed by atoms with Crippen LogP contribution in [0, 0.1) is 0 Å². The molecule has 0 atom stereocenters. The number of ether oxygens (including phenoxy) is 1. The SMILES string of the molecule is O=C(O)Cc1ccccc1OCC(=O)NC1CCCC1. The van der Waals surface area contributed by atoms with Gasteiger partial charge in [-0.25, -0.2) is 0 Å². The Bertz CT molecular complexity index is 481. The molecule has 1 aliphatic rings. The number of rotatable bonds is 6. The summed E-state index contributed by atoms with van der Waals surface area (Å²) in [6.07, 6.45) is 4.27. The molecule has 1 saturated carbocycles. The molecule has 1 amide bonds. The van der Waals surface area contributed by atoms with E-state index < -0.39 is 5.97 Å². The molecule has 0 spiro atoms. The largest absolute Gasteiger partial charge is 0.483 e. The normalized spacial score (nSPS) is 15.0. The number of benzene rings is 1. The number of nitrogens with one attached hydrogen (secondary N) is 1. The maximum atomic E-state index is 11.8. The molecule has 1 aromatic rings. The Balaban J connectivity index is 1.86. The van der Waals surface area contributed by atoms with Crippen molar-refractivity contribution in [3.05, 3.63) is 29.8 Å². The van der Waals surface area contributed by atoms with Crippen molar-refractivity contribution in [2.24, 2.45) is 0 Å². The Labute approximate surface area is 117 Å². The van der Waals surface area contributed by atoms with Gasteiger partial charge in [0.1, 0.15) is 5.75 Å². The Morgan fingerprint density at radius 1 is 1.25 bits per heavy atom. The van der Waals surface area contributed by atoms with Gasteiger partial charge in [0.05, 0.1) is 6.42 Å². The minimum atomic E-state index is -0.920. The Morgan fingerprint density at radius 3 is 2.65 bits per heavy atom. The molecule has 2 N–H and O–H groups in total. The van der Waals surface area contributed by atoms with E-state index in [-0.39, 0.29) is 25.0 Å². The van der Waals surface area contributed by atoms with E-state index in [4.69, 9.17) is 9.84 Å². The number of carbonyl (C=O) groups excluding carboxylic acids is 1. The summed E-state index contributed by atoms with van der Waals surface area (Å²) in [5.74, 6) is -0.616. The van der Waals surface area contributed by atoms with E-state index in [0.29, 0.717) is 11.3 Å². The second kappa shape index (κ2) is 6.93. The van der Waals surface area contributed by atoms with Crippen molar-refractivity contribution in [3.8, 4) is 5.75 Å². The van der Waals surface area contributed by atoms with Crippen LogP contribution in [-0.4, -0.2) is 29.6 Å². The van der Waals surface area contributed by atoms with Crippen LogP contribution >= 0.6 is 0 Å². The van der Waals surface area contributed by atoms with Crippen LogP contribution in [0.5, 0.6) is 5.75 Å². The summed E-state index contributed by atoms with van der Waals surface area (Å²) in [5, 5.41) is 11.8. The summed E-state index contributed by atoms with van der Waals surface area (Å²) >= 11 is 0. The van der Waals surface area contributed by atoms with Gasteiger partial charge in [-0.3, -0.25) is 9.59 Å². The van der Waals surface area contributed by atoms with E-state index >= 15 is 0 Å². The highest BCUT2D eigenvalue weighted by Gasteiger charge is 2.17. The van der Waals surface area contributed by atoms with Gasteiger partial charge in [-0.1, -0.05) is 31.0 Å². The number of aliphatic carboxylic acids is 1. The van der Waals surface area contributed by atoms with Crippen LogP contribution in [0.15, 0.2) is 24.3 Å². The highest BCUT2D eigenvalue weighted by Crippen LogP contribution is 2.19. The molecule has 1 fully saturated rings. The van der Waals surface area contributed by atoms with Crippen molar-refractivity contribution in [1.82, 2.24) is 5.32 Å². The Kier molecular flexibility index (Phi) is 4.98. The molecule has 0 unspecified atom stereocenters. The number of carboxylic acids is 1. The van der Waals surface area contributed by atoms with Crippen molar-refractivity contribution in [3.63, 3.8) is 0 Å². The monoisotopic (exact) mass is 277 g/mol. The average molecular weight is 277 g/mol. The highest BCUT2D eigenvalue weighted by molar-refractivity contribution is 5.78. The molecule has 1 aliphatic carbocycles. The predicted octanol–water partition coefficient (Wildman–Crippen LogP) is 1.75. The molecule has 5 nitrogen and oxygen atoms in total. The summed E-state index contributed by atoms with van der Waals surface area (Å²) in [7, 11) is 0. The maximum absolute atomic E-state index is 11.8. The van der Waals surface area contributed by atoms with Crippen LogP contribution in [-0.2, 0) is 16.0 Å². The first-order chi connectivity index (χ1) is 9.65. The minimum absolute atomic E-state index is 0.0763. The zero-order valence-electron chi connectivity index (χ0n) is 11.3. The van der Waals surface area contributed by atoms with Crippen molar-refractivity contribution in [1.29, 1.82) is 0 Å². The second-order valence-corrected chi connectivity index (χ2v) is 5.02. The van der Waals surface area contributed by atoms with Gasteiger partial charge < -0.3 is 15.2 Å². The van der Waals surface area contributed by atoms with Crippen molar-refractivity contribution < 1.29 is 19.4 Å². The minimum Gasteiger partial charge on any atom is -0.483 e. The van der Waals surface area contributed by atoms with E-state index in [1.165, 1.54) is 0 Å². The van der Waals surface area contributed by atoms with Crippen LogP contribution in [0.4, 0.5) is 0 Å². The first kappa shape index (κ1) is 14.4. The van der Waals surface area contributed by atoms with E-state index in [2.05, 4.69) is 5.32 Å². The first-order valence-electron chi connectivity index (χ1n) is 6.87. The number of para-hydroxylation sites is 1. The lowest BCUT2D eigenvalue weighted by atomic mass is 10.1. The fourth-order valence-electron chi connectivity index (χ4n) is 2.44. The average Bonchev–Trinajstić information content (AvgIpc) is 2.90. The van der Waals surface area contributed by atoms with Crippen LogP contribution in [0.3, 0.4) is 0 Å². The smallest absolute Gasteiger partial charge is 0.307 e. The molecule has 0 aliphatic heterocycles. The summed E-state index contributed by atoms with van der Waals surface area (Å²) in [5.41, 5.74) is 0.577. The van der Waals surface area contributed by atoms with Crippen LogP contribution < -0.4 is 10.1 Å². The van der Waals surface area contributed by atoms with E-state index in [9.17, 15) is 9.59 Å². The van der Waals surface area contributed by atoms with E-state index in [0.717, 1.165) is 25.7 Å². The van der Waals surface area contributed by atoms with Gasteiger partial charge in [0.2, 0.25) is 0 Å². The lowest BCUT2D eigenvalue weighted by Gasteiger charge is -2.13. The van der Waals surface area contributed by atoms with Gasteiger partial charge in [-0.2, -0.15) is 0 Å². The van der Waals surface area contributed by atoms with Crippen molar-refractivity contribution >= 4 is 11.9 Å². The topological polar surface area (TPSA) is 75.6 Å². The molecule has 0 heterocycles. The highest BCUT2D eigenvalue weighted by atomic mass is 16.5. The van der Waals surface area contributed by atoms with Crippen molar-refractivity contribution in [2.45, 2.75) is 38.1 Å². The van der Waals surface area contributed by atoms with Crippen LogP contribution in [0.25, 0.3) is 0 Å². The number of amides is 1. The van der Waals surface area contributed by atoms with Crippen LogP contribution in [0.1, 0.15) is 31.2 Å². The van der Waals surface area contributed by atoms with Crippen LogP contribution in [0.2, 0.25) is 0 Å². The second-order valence-electron chi connectivity index (χ2n) is 5.02. The molecule has 0 radical (unpaired) electrons. The molecule has 2 rings (SSSR count). The molecule has 0 aromatic heterocycles. The fourth-order valence-corrected chi connectivity index (χ4v) is 2.44. The number of carboxylic acid groups (broad SMARTS) is 1. The molecule has 20 heavy (non-hydrogen) atoms. The van der Waals surface area contributed by atoms with Gasteiger partial charge in [0.15, 0.2) is 6.61 Å². The summed E-state index contributed by atoms with van der Waals surface area (Å²) in [6, 6.07) is 7.15. The fraction of sp³-hybridized carbons (Fsp3) is 0.467. The Hall–Kier alpha value is -2.04.